The molecule has 0 aliphatic carbocycles. The van der Waals surface area contributed by atoms with E-state index in [0.717, 1.165) is 25.1 Å². The lowest BCUT2D eigenvalue weighted by Crippen LogP contribution is -2.18. The summed E-state index contributed by atoms with van der Waals surface area (Å²) in [4.78, 5) is 4.02. The minimum Gasteiger partial charge on any atom is -0.489 e. The molecule has 0 aliphatic heterocycles. The zero-order valence-electron chi connectivity index (χ0n) is 12.9. The number of halogens is 2. The smallest absolute Gasteiger partial charge is 0.142 e. The van der Waals surface area contributed by atoms with Crippen molar-refractivity contribution in [1.82, 2.24) is 14.9 Å². The minimum absolute atomic E-state index is 0.0682. The first-order chi connectivity index (χ1) is 10.6. The van der Waals surface area contributed by atoms with Gasteiger partial charge in [0.15, 0.2) is 0 Å². The zero-order valence-corrected chi connectivity index (χ0v) is 14.4. The molecule has 0 saturated carbocycles. The van der Waals surface area contributed by atoms with Gasteiger partial charge in [-0.1, -0.05) is 23.2 Å². The van der Waals surface area contributed by atoms with E-state index in [0.29, 0.717) is 22.3 Å². The van der Waals surface area contributed by atoms with E-state index in [1.807, 2.05) is 32.4 Å². The average molecular weight is 342 g/mol. The van der Waals surface area contributed by atoms with Gasteiger partial charge in [-0.25, -0.2) is 4.98 Å². The second-order valence-electron chi connectivity index (χ2n) is 5.37. The summed E-state index contributed by atoms with van der Waals surface area (Å²) in [6.07, 6.45) is 6.66. The highest BCUT2D eigenvalue weighted by Crippen LogP contribution is 2.33. The average Bonchev–Trinajstić information content (AvgIpc) is 2.95. The summed E-state index contributed by atoms with van der Waals surface area (Å²) >= 11 is 12.3. The molecule has 0 fully saturated rings. The molecule has 120 valence electrons. The molecule has 22 heavy (non-hydrogen) atoms. The Kier molecular flexibility index (Phi) is 6.55. The van der Waals surface area contributed by atoms with Crippen LogP contribution in [0.15, 0.2) is 30.9 Å². The Labute approximate surface area is 141 Å². The standard InChI is InChI=1S/C16H21Cl2N3O/c1-12(2)22-16-13(8-14(17)9-15(16)18)10-19-4-3-6-21-7-5-20-11-21/h5,7-9,11-12,19H,3-4,6,10H2,1-2H3. The summed E-state index contributed by atoms with van der Waals surface area (Å²) in [5.41, 5.74) is 0.980. The predicted molar refractivity (Wildman–Crippen MR) is 90.8 cm³/mol. The maximum absolute atomic E-state index is 6.24. The molecule has 6 heteroatoms. The Morgan fingerprint density at radius 3 is 2.82 bits per heavy atom. The lowest BCUT2D eigenvalue weighted by molar-refractivity contribution is 0.239. The third-order valence-corrected chi connectivity index (χ3v) is 3.58. The number of nitrogens with zero attached hydrogens (tertiary/aromatic N) is 2. The number of rotatable bonds is 8. The predicted octanol–water partition coefficient (Wildman–Crippen LogP) is 4.16. The maximum Gasteiger partial charge on any atom is 0.142 e. The van der Waals surface area contributed by atoms with Gasteiger partial charge in [-0.3, -0.25) is 0 Å². The molecule has 4 nitrogen and oxygen atoms in total. The van der Waals surface area contributed by atoms with Crippen LogP contribution in [0.5, 0.6) is 5.75 Å². The third kappa shape index (κ3) is 5.20. The first kappa shape index (κ1) is 17.1. The van der Waals surface area contributed by atoms with Gasteiger partial charge in [0.2, 0.25) is 0 Å². The second-order valence-corrected chi connectivity index (χ2v) is 6.22. The normalized spacial score (nSPS) is 11.1. The van der Waals surface area contributed by atoms with E-state index in [4.69, 9.17) is 27.9 Å². The number of benzene rings is 1. The SMILES string of the molecule is CC(C)Oc1c(Cl)cc(Cl)cc1CNCCCn1ccnc1. The number of hydrogen-bond donors (Lipinski definition) is 1. The highest BCUT2D eigenvalue weighted by molar-refractivity contribution is 6.35. The van der Waals surface area contributed by atoms with Crippen LogP contribution >= 0.6 is 23.2 Å². The van der Waals surface area contributed by atoms with Crippen LogP contribution in [-0.4, -0.2) is 22.2 Å². The van der Waals surface area contributed by atoms with Crippen molar-refractivity contribution in [2.24, 2.45) is 0 Å². The largest absolute Gasteiger partial charge is 0.489 e. The number of ether oxygens (including phenoxy) is 1. The van der Waals surface area contributed by atoms with Crippen LogP contribution in [0.1, 0.15) is 25.8 Å². The molecule has 0 bridgehead atoms. The number of nitrogens with one attached hydrogen (secondary N) is 1. The first-order valence-electron chi connectivity index (χ1n) is 7.37. The van der Waals surface area contributed by atoms with Gasteiger partial charge in [-0.2, -0.15) is 0 Å². The molecule has 0 unspecified atom stereocenters. The van der Waals surface area contributed by atoms with Gasteiger partial charge >= 0.3 is 0 Å². The summed E-state index contributed by atoms with van der Waals surface area (Å²) in [7, 11) is 0. The van der Waals surface area contributed by atoms with Gasteiger partial charge in [0.1, 0.15) is 5.75 Å². The Balaban J connectivity index is 1.88. The molecule has 0 spiro atoms. The molecule has 1 N–H and O–H groups in total. The molecule has 0 amide bonds. The fourth-order valence-corrected chi connectivity index (χ4v) is 2.72. The second kappa shape index (κ2) is 8.42. The molecular formula is C16H21Cl2N3O. The highest BCUT2D eigenvalue weighted by Gasteiger charge is 2.12. The van der Waals surface area contributed by atoms with Crippen LogP contribution in [0.25, 0.3) is 0 Å². The van der Waals surface area contributed by atoms with Crippen LogP contribution in [0.4, 0.5) is 0 Å². The monoisotopic (exact) mass is 341 g/mol. The summed E-state index contributed by atoms with van der Waals surface area (Å²) in [5, 5.41) is 4.58. The summed E-state index contributed by atoms with van der Waals surface area (Å²) in [6.45, 7) is 6.47. The lowest BCUT2D eigenvalue weighted by Gasteiger charge is -2.17. The number of hydrogen-bond acceptors (Lipinski definition) is 3. The van der Waals surface area contributed by atoms with Crippen molar-refractivity contribution in [2.75, 3.05) is 6.54 Å². The van der Waals surface area contributed by atoms with Crippen molar-refractivity contribution in [2.45, 2.75) is 39.5 Å². The van der Waals surface area contributed by atoms with Crippen molar-refractivity contribution in [1.29, 1.82) is 0 Å². The van der Waals surface area contributed by atoms with E-state index in [1.54, 1.807) is 12.3 Å². The Morgan fingerprint density at radius 1 is 1.32 bits per heavy atom. The Morgan fingerprint density at radius 2 is 2.14 bits per heavy atom. The van der Waals surface area contributed by atoms with Crippen LogP contribution in [0, 0.1) is 0 Å². The Hall–Kier alpha value is -1.23. The zero-order chi connectivity index (χ0) is 15.9. The summed E-state index contributed by atoms with van der Waals surface area (Å²) in [6, 6.07) is 3.61. The fraction of sp³-hybridized carbons (Fsp3) is 0.438. The highest BCUT2D eigenvalue weighted by atomic mass is 35.5. The number of aryl methyl sites for hydroxylation is 1. The van der Waals surface area contributed by atoms with Crippen molar-refractivity contribution in [3.05, 3.63) is 46.5 Å². The van der Waals surface area contributed by atoms with Crippen LogP contribution in [0.2, 0.25) is 10.0 Å². The lowest BCUT2D eigenvalue weighted by atomic mass is 10.2. The van der Waals surface area contributed by atoms with E-state index >= 15 is 0 Å². The number of aromatic nitrogens is 2. The van der Waals surface area contributed by atoms with Gasteiger partial charge < -0.3 is 14.6 Å². The Bertz CT molecular complexity index is 585. The molecule has 2 aromatic rings. The maximum atomic E-state index is 6.24. The van der Waals surface area contributed by atoms with Crippen molar-refractivity contribution >= 4 is 23.2 Å². The molecule has 0 atom stereocenters. The van der Waals surface area contributed by atoms with Gasteiger partial charge in [0.05, 0.1) is 17.5 Å². The topological polar surface area (TPSA) is 39.1 Å². The molecule has 0 saturated heterocycles. The molecule has 1 aromatic carbocycles. The van der Waals surface area contributed by atoms with Crippen LogP contribution in [-0.2, 0) is 13.1 Å². The van der Waals surface area contributed by atoms with Crippen LogP contribution < -0.4 is 10.1 Å². The molecule has 0 aliphatic rings. The quantitative estimate of drug-likeness (QED) is 0.733. The molecule has 0 radical (unpaired) electrons. The fourth-order valence-electron chi connectivity index (χ4n) is 2.14. The molecule has 1 aromatic heterocycles. The van der Waals surface area contributed by atoms with Gasteiger partial charge in [-0.15, -0.1) is 0 Å². The van der Waals surface area contributed by atoms with Gasteiger partial charge in [0.25, 0.3) is 0 Å². The third-order valence-electron chi connectivity index (χ3n) is 3.08. The van der Waals surface area contributed by atoms with E-state index in [-0.39, 0.29) is 6.10 Å². The van der Waals surface area contributed by atoms with E-state index in [2.05, 4.69) is 14.9 Å². The van der Waals surface area contributed by atoms with Crippen molar-refractivity contribution in [3.8, 4) is 5.75 Å². The molecule has 2 rings (SSSR count). The summed E-state index contributed by atoms with van der Waals surface area (Å²) in [5.74, 6) is 0.711. The van der Waals surface area contributed by atoms with Gasteiger partial charge in [0, 0.05) is 36.1 Å². The van der Waals surface area contributed by atoms with E-state index in [1.165, 1.54) is 0 Å². The van der Waals surface area contributed by atoms with E-state index < -0.39 is 0 Å². The van der Waals surface area contributed by atoms with Crippen molar-refractivity contribution < 1.29 is 4.74 Å². The summed E-state index contributed by atoms with van der Waals surface area (Å²) < 4.78 is 7.86. The molecular weight excluding hydrogens is 321 g/mol. The minimum atomic E-state index is 0.0682. The van der Waals surface area contributed by atoms with Crippen LogP contribution in [0.3, 0.4) is 0 Å². The first-order valence-corrected chi connectivity index (χ1v) is 8.13. The van der Waals surface area contributed by atoms with Crippen molar-refractivity contribution in [3.63, 3.8) is 0 Å². The van der Waals surface area contributed by atoms with Gasteiger partial charge in [-0.05, 0) is 38.9 Å². The van der Waals surface area contributed by atoms with E-state index in [9.17, 15) is 0 Å². The number of imidazole rings is 1. The molecule has 1 heterocycles.